The van der Waals surface area contributed by atoms with E-state index in [1.165, 1.54) is 11.3 Å². The number of fused-ring (bicyclic) bond motifs is 2. The smallest absolute Gasteiger partial charge is 0.166 e. The third kappa shape index (κ3) is 3.75. The molecule has 2 aromatic heterocycles. The van der Waals surface area contributed by atoms with E-state index in [4.69, 9.17) is 16.6 Å². The zero-order valence-corrected chi connectivity index (χ0v) is 18.5. The van der Waals surface area contributed by atoms with Gasteiger partial charge in [-0.2, -0.15) is 0 Å². The SMILES string of the molecule is CN1CCCN(c2ccc3c(n2)CCC(=O)C(c2nc4c(Cl)cccc4s2)=C3)CC1. The summed E-state index contributed by atoms with van der Waals surface area (Å²) in [6.45, 7) is 4.16. The first-order chi connectivity index (χ1) is 14.6. The molecule has 0 spiro atoms. The average molecular weight is 439 g/mol. The van der Waals surface area contributed by atoms with Crippen LogP contribution in [0.5, 0.6) is 0 Å². The lowest BCUT2D eigenvalue weighted by atomic mass is 10.1. The van der Waals surface area contributed by atoms with E-state index >= 15 is 0 Å². The predicted molar refractivity (Wildman–Crippen MR) is 124 cm³/mol. The summed E-state index contributed by atoms with van der Waals surface area (Å²) in [5.41, 5.74) is 3.43. The van der Waals surface area contributed by atoms with Crippen LogP contribution in [0.25, 0.3) is 21.9 Å². The highest BCUT2D eigenvalue weighted by atomic mass is 35.5. The molecule has 0 unspecified atom stereocenters. The molecule has 7 heteroatoms. The highest BCUT2D eigenvalue weighted by Gasteiger charge is 2.23. The van der Waals surface area contributed by atoms with E-state index in [9.17, 15) is 4.79 Å². The molecule has 3 aromatic rings. The highest BCUT2D eigenvalue weighted by molar-refractivity contribution is 7.20. The van der Waals surface area contributed by atoms with Crippen molar-refractivity contribution < 1.29 is 4.79 Å². The molecule has 3 heterocycles. The molecular formula is C23H23ClN4OS. The molecule has 5 rings (SSSR count). The van der Waals surface area contributed by atoms with Crippen LogP contribution >= 0.6 is 22.9 Å². The third-order valence-electron chi connectivity index (χ3n) is 5.83. The molecule has 0 radical (unpaired) electrons. The summed E-state index contributed by atoms with van der Waals surface area (Å²) in [5.74, 6) is 1.13. The number of Topliss-reactive ketones (excluding diaryl/α,β-unsaturated/α-hetero) is 1. The maximum Gasteiger partial charge on any atom is 0.166 e. The summed E-state index contributed by atoms with van der Waals surface area (Å²) in [7, 11) is 2.17. The minimum atomic E-state index is 0.112. The standard InChI is InChI=1S/C23H23ClN4OS/c1-27-10-3-11-28(13-12-27)21-9-6-15-14-16(19(29)8-7-18(15)25-21)23-26-22-17(24)4-2-5-20(22)30-23/h2,4-6,9,14H,3,7-8,10-13H2,1H3. The van der Waals surface area contributed by atoms with Gasteiger partial charge in [-0.3, -0.25) is 4.79 Å². The van der Waals surface area contributed by atoms with Gasteiger partial charge in [0.05, 0.1) is 21.0 Å². The lowest BCUT2D eigenvalue weighted by Gasteiger charge is -2.22. The fraction of sp³-hybridized carbons (Fsp3) is 0.348. The molecule has 1 aliphatic heterocycles. The lowest BCUT2D eigenvalue weighted by molar-refractivity contribution is -0.113. The number of hydrogen-bond acceptors (Lipinski definition) is 6. The number of aryl methyl sites for hydroxylation is 1. The van der Waals surface area contributed by atoms with Crippen LogP contribution in [0.1, 0.15) is 29.1 Å². The fourth-order valence-corrected chi connectivity index (χ4v) is 5.40. The molecule has 30 heavy (non-hydrogen) atoms. The molecule has 5 nitrogen and oxygen atoms in total. The first-order valence-electron chi connectivity index (χ1n) is 10.3. The van der Waals surface area contributed by atoms with Crippen molar-refractivity contribution in [2.45, 2.75) is 19.3 Å². The van der Waals surface area contributed by atoms with Crippen LogP contribution in [0.2, 0.25) is 5.02 Å². The van der Waals surface area contributed by atoms with Gasteiger partial charge in [-0.1, -0.05) is 17.7 Å². The molecule has 0 N–H and O–H groups in total. The minimum Gasteiger partial charge on any atom is -0.355 e. The number of aromatic nitrogens is 2. The number of rotatable bonds is 2. The molecule has 154 valence electrons. The lowest BCUT2D eigenvalue weighted by Crippen LogP contribution is -2.29. The second kappa shape index (κ2) is 8.10. The molecule has 1 fully saturated rings. The molecule has 0 atom stereocenters. The van der Waals surface area contributed by atoms with Crippen molar-refractivity contribution in [1.82, 2.24) is 14.9 Å². The number of carbonyl (C=O) groups is 1. The number of benzene rings is 1. The highest BCUT2D eigenvalue weighted by Crippen LogP contribution is 2.35. The Morgan fingerprint density at radius 3 is 2.80 bits per heavy atom. The Morgan fingerprint density at radius 2 is 1.93 bits per heavy atom. The molecule has 2 aliphatic rings. The van der Waals surface area contributed by atoms with E-state index in [1.54, 1.807) is 0 Å². The van der Waals surface area contributed by atoms with Gasteiger partial charge in [0, 0.05) is 26.1 Å². The van der Waals surface area contributed by atoms with Gasteiger partial charge in [0.15, 0.2) is 5.78 Å². The molecule has 1 aliphatic carbocycles. The maximum atomic E-state index is 12.9. The summed E-state index contributed by atoms with van der Waals surface area (Å²) >= 11 is 7.81. The Balaban J connectivity index is 1.50. The molecule has 1 saturated heterocycles. The summed E-state index contributed by atoms with van der Waals surface area (Å²) in [5, 5.41) is 1.35. The van der Waals surface area contributed by atoms with Crippen molar-refractivity contribution in [3.05, 3.63) is 51.6 Å². The number of nitrogens with zero attached hydrogens (tertiary/aromatic N) is 4. The van der Waals surface area contributed by atoms with E-state index in [2.05, 4.69) is 34.0 Å². The normalized spacial score (nSPS) is 18.1. The summed E-state index contributed by atoms with van der Waals surface area (Å²) in [6, 6.07) is 9.92. The quantitative estimate of drug-likeness (QED) is 0.587. The second-order valence-corrected chi connectivity index (χ2v) is 9.37. The number of thiazole rings is 1. The Kier molecular flexibility index (Phi) is 5.31. The second-order valence-electron chi connectivity index (χ2n) is 7.94. The summed E-state index contributed by atoms with van der Waals surface area (Å²) in [4.78, 5) is 27.3. The first kappa shape index (κ1) is 19.7. The Hall–Kier alpha value is -2.28. The van der Waals surface area contributed by atoms with Gasteiger partial charge < -0.3 is 9.80 Å². The van der Waals surface area contributed by atoms with Crippen LogP contribution < -0.4 is 4.90 Å². The minimum absolute atomic E-state index is 0.112. The number of allylic oxidation sites excluding steroid dienone is 1. The van der Waals surface area contributed by atoms with Crippen LogP contribution in [-0.4, -0.2) is 53.9 Å². The Bertz CT molecular complexity index is 1160. The van der Waals surface area contributed by atoms with Gasteiger partial charge in [-0.25, -0.2) is 9.97 Å². The van der Waals surface area contributed by atoms with E-state index in [-0.39, 0.29) is 5.78 Å². The average Bonchev–Trinajstić information content (AvgIpc) is 2.96. The van der Waals surface area contributed by atoms with Gasteiger partial charge >= 0.3 is 0 Å². The van der Waals surface area contributed by atoms with E-state index in [0.29, 0.717) is 23.4 Å². The molecule has 0 bridgehead atoms. The molecule has 0 saturated carbocycles. The van der Waals surface area contributed by atoms with Gasteiger partial charge in [0.25, 0.3) is 0 Å². The van der Waals surface area contributed by atoms with Crippen molar-refractivity contribution >= 4 is 56.4 Å². The Morgan fingerprint density at radius 1 is 1.03 bits per heavy atom. The zero-order valence-electron chi connectivity index (χ0n) is 16.9. The first-order valence-corrected chi connectivity index (χ1v) is 11.5. The van der Waals surface area contributed by atoms with E-state index in [0.717, 1.165) is 64.9 Å². The number of pyridine rings is 1. The predicted octanol–water partition coefficient (Wildman–Crippen LogP) is 4.54. The molecular weight excluding hydrogens is 416 g/mol. The van der Waals surface area contributed by atoms with Crippen LogP contribution in [0.4, 0.5) is 5.82 Å². The van der Waals surface area contributed by atoms with Gasteiger partial charge in [0.2, 0.25) is 0 Å². The van der Waals surface area contributed by atoms with Gasteiger partial charge in [0.1, 0.15) is 16.3 Å². The largest absolute Gasteiger partial charge is 0.355 e. The number of anilines is 1. The molecule has 0 amide bonds. The van der Waals surface area contributed by atoms with Crippen molar-refractivity contribution in [3.63, 3.8) is 0 Å². The van der Waals surface area contributed by atoms with Crippen molar-refractivity contribution in [1.29, 1.82) is 0 Å². The molecule has 1 aromatic carbocycles. The van der Waals surface area contributed by atoms with Crippen LogP contribution in [0, 0.1) is 0 Å². The number of halogens is 1. The monoisotopic (exact) mass is 438 g/mol. The number of ketones is 1. The third-order valence-corrected chi connectivity index (χ3v) is 7.19. The summed E-state index contributed by atoms with van der Waals surface area (Å²) in [6.07, 6.45) is 4.20. The maximum absolute atomic E-state index is 12.9. The van der Waals surface area contributed by atoms with Crippen molar-refractivity contribution in [2.75, 3.05) is 38.1 Å². The number of likely N-dealkylation sites (N-methyl/N-ethyl adjacent to an activating group) is 1. The Labute approximate surface area is 185 Å². The van der Waals surface area contributed by atoms with E-state index < -0.39 is 0 Å². The van der Waals surface area contributed by atoms with Gasteiger partial charge in [-0.15, -0.1) is 11.3 Å². The summed E-state index contributed by atoms with van der Waals surface area (Å²) < 4.78 is 0.996. The van der Waals surface area contributed by atoms with Crippen LogP contribution in [0.15, 0.2) is 30.3 Å². The van der Waals surface area contributed by atoms with Crippen molar-refractivity contribution in [2.24, 2.45) is 0 Å². The van der Waals surface area contributed by atoms with Crippen molar-refractivity contribution in [3.8, 4) is 0 Å². The number of hydrogen-bond donors (Lipinski definition) is 0. The van der Waals surface area contributed by atoms with Crippen LogP contribution in [-0.2, 0) is 11.2 Å². The fourth-order valence-electron chi connectivity index (χ4n) is 4.10. The number of carbonyl (C=O) groups excluding carboxylic acids is 1. The van der Waals surface area contributed by atoms with Gasteiger partial charge in [-0.05, 0) is 62.3 Å². The zero-order chi connectivity index (χ0) is 20.7. The topological polar surface area (TPSA) is 49.3 Å². The van der Waals surface area contributed by atoms with E-state index in [1.807, 2.05) is 24.3 Å². The van der Waals surface area contributed by atoms with Crippen LogP contribution in [0.3, 0.4) is 0 Å². The number of para-hydroxylation sites is 1.